The van der Waals surface area contributed by atoms with Crippen LogP contribution in [-0.2, 0) is 0 Å². The fourth-order valence-corrected chi connectivity index (χ4v) is 2.00. The maximum absolute atomic E-state index is 11.8. The van der Waals surface area contributed by atoms with Gasteiger partial charge in [0, 0.05) is 18.1 Å². The van der Waals surface area contributed by atoms with E-state index in [9.17, 15) is 4.79 Å². The molecule has 128 valence electrons. The molecule has 3 rings (SSSR count). The monoisotopic (exact) mass is 344 g/mol. The molecule has 2 amide bonds. The van der Waals surface area contributed by atoms with Crippen molar-refractivity contribution >= 4 is 29.3 Å². The highest BCUT2D eigenvalue weighted by Gasteiger charge is 2.00. The summed E-state index contributed by atoms with van der Waals surface area (Å²) < 4.78 is 0. The summed E-state index contributed by atoms with van der Waals surface area (Å²) in [5.74, 6) is 0. The highest BCUT2D eigenvalue weighted by Crippen LogP contribution is 2.19. The molecule has 0 saturated carbocycles. The van der Waals surface area contributed by atoms with Gasteiger partial charge in [-0.05, 0) is 54.1 Å². The van der Waals surface area contributed by atoms with Crippen LogP contribution in [0.4, 0.5) is 21.9 Å². The predicted molar refractivity (Wildman–Crippen MR) is 101 cm³/mol. The minimum absolute atomic E-state index is 0.436. The van der Waals surface area contributed by atoms with Crippen molar-refractivity contribution in [2.24, 2.45) is 15.3 Å². The lowest BCUT2D eigenvalue weighted by Crippen LogP contribution is -2.24. The van der Waals surface area contributed by atoms with Gasteiger partial charge in [-0.1, -0.05) is 18.2 Å². The average molecular weight is 344 g/mol. The first-order valence-corrected chi connectivity index (χ1v) is 7.86. The van der Waals surface area contributed by atoms with E-state index in [-0.39, 0.29) is 0 Å². The first kappa shape index (κ1) is 17.0. The van der Waals surface area contributed by atoms with Gasteiger partial charge in [-0.25, -0.2) is 10.2 Å². The Hall–Kier alpha value is -3.87. The molecule has 1 heterocycles. The Bertz CT molecular complexity index is 892. The quantitative estimate of drug-likeness (QED) is 0.400. The van der Waals surface area contributed by atoms with E-state index in [1.807, 2.05) is 30.3 Å². The number of hydrazone groups is 1. The second-order valence-electron chi connectivity index (χ2n) is 5.19. The molecule has 0 atom stereocenters. The highest BCUT2D eigenvalue weighted by molar-refractivity contribution is 5.90. The van der Waals surface area contributed by atoms with Crippen LogP contribution in [0.5, 0.6) is 0 Å². The number of nitrogens with one attached hydrogen (secondary N) is 2. The molecule has 1 aromatic heterocycles. The van der Waals surface area contributed by atoms with Crippen LogP contribution in [0.1, 0.15) is 5.56 Å². The van der Waals surface area contributed by atoms with Crippen LogP contribution in [0.3, 0.4) is 0 Å². The molecule has 0 fully saturated rings. The number of benzene rings is 2. The number of carbonyl (C=O) groups is 1. The molecule has 7 heteroatoms. The van der Waals surface area contributed by atoms with E-state index in [4.69, 9.17) is 0 Å². The molecule has 2 N–H and O–H groups in total. The lowest BCUT2D eigenvalue weighted by atomic mass is 10.3. The van der Waals surface area contributed by atoms with Crippen LogP contribution >= 0.6 is 0 Å². The minimum Gasteiger partial charge on any atom is -0.307 e. The minimum atomic E-state index is -0.436. The smallest absolute Gasteiger partial charge is 0.307 e. The van der Waals surface area contributed by atoms with Gasteiger partial charge in [0.05, 0.1) is 17.6 Å². The summed E-state index contributed by atoms with van der Waals surface area (Å²) >= 11 is 0. The number of hydrogen-bond donors (Lipinski definition) is 2. The molecular weight excluding hydrogens is 328 g/mol. The van der Waals surface area contributed by atoms with Gasteiger partial charge in [0.25, 0.3) is 0 Å². The number of hydrogen-bond acceptors (Lipinski definition) is 5. The Labute approximate surface area is 150 Å². The zero-order valence-corrected chi connectivity index (χ0v) is 13.8. The van der Waals surface area contributed by atoms with Gasteiger partial charge in [-0.2, -0.15) is 15.3 Å². The zero-order valence-electron chi connectivity index (χ0n) is 13.8. The predicted octanol–water partition coefficient (Wildman–Crippen LogP) is 4.65. The summed E-state index contributed by atoms with van der Waals surface area (Å²) in [7, 11) is 0. The van der Waals surface area contributed by atoms with Crippen LogP contribution in [0.15, 0.2) is 94.5 Å². The number of carbonyl (C=O) groups excluding carboxylic acids is 1. The maximum atomic E-state index is 11.8. The molecule has 0 bridgehead atoms. The van der Waals surface area contributed by atoms with Crippen LogP contribution in [0.2, 0.25) is 0 Å². The molecule has 0 saturated heterocycles. The molecule has 3 aromatic rings. The maximum Gasteiger partial charge on any atom is 0.339 e. The number of aromatic nitrogens is 1. The second-order valence-corrected chi connectivity index (χ2v) is 5.19. The van der Waals surface area contributed by atoms with E-state index in [0.29, 0.717) is 11.4 Å². The lowest BCUT2D eigenvalue weighted by Gasteiger charge is -2.04. The number of rotatable bonds is 5. The Morgan fingerprint density at radius 3 is 2.19 bits per heavy atom. The average Bonchev–Trinajstić information content (AvgIpc) is 2.69. The molecule has 0 aliphatic heterocycles. The topological polar surface area (TPSA) is 91.1 Å². The summed E-state index contributed by atoms with van der Waals surface area (Å²) in [5, 5.41) is 14.8. The summed E-state index contributed by atoms with van der Waals surface area (Å²) in [4.78, 5) is 15.7. The molecule has 7 nitrogen and oxygen atoms in total. The van der Waals surface area contributed by atoms with Crippen molar-refractivity contribution in [3.63, 3.8) is 0 Å². The van der Waals surface area contributed by atoms with Crippen LogP contribution < -0.4 is 10.7 Å². The number of amides is 2. The SMILES string of the molecule is O=C(N/N=C/c1ccncc1)Nc1ccc(N=Nc2ccccc2)cc1. The van der Waals surface area contributed by atoms with E-state index in [2.05, 4.69) is 31.1 Å². The van der Waals surface area contributed by atoms with Crippen LogP contribution in [0, 0.1) is 0 Å². The summed E-state index contributed by atoms with van der Waals surface area (Å²) in [5.41, 5.74) is 5.33. The summed E-state index contributed by atoms with van der Waals surface area (Å²) in [6, 6.07) is 19.6. The van der Waals surface area contributed by atoms with Crippen molar-refractivity contribution in [3.8, 4) is 0 Å². The first-order chi connectivity index (χ1) is 12.8. The molecular formula is C19H16N6O. The molecule has 0 radical (unpaired) electrons. The Kier molecular flexibility index (Phi) is 5.77. The van der Waals surface area contributed by atoms with Gasteiger partial charge < -0.3 is 5.32 Å². The van der Waals surface area contributed by atoms with E-state index >= 15 is 0 Å². The van der Waals surface area contributed by atoms with E-state index in [1.165, 1.54) is 6.21 Å². The molecule has 0 spiro atoms. The standard InChI is InChI=1S/C19H16N6O/c26-19(25-21-14-15-10-12-20-13-11-15)22-16-6-8-18(9-7-16)24-23-17-4-2-1-3-5-17/h1-14H,(H2,22,25,26)/b21-14+,24-23?. The van der Waals surface area contributed by atoms with E-state index in [0.717, 1.165) is 11.3 Å². The molecule has 0 aliphatic carbocycles. The lowest BCUT2D eigenvalue weighted by molar-refractivity contribution is 0.252. The van der Waals surface area contributed by atoms with Gasteiger partial charge >= 0.3 is 6.03 Å². The van der Waals surface area contributed by atoms with Crippen LogP contribution in [0.25, 0.3) is 0 Å². The van der Waals surface area contributed by atoms with E-state index < -0.39 is 6.03 Å². The van der Waals surface area contributed by atoms with Gasteiger partial charge in [0.1, 0.15) is 0 Å². The number of urea groups is 1. The third kappa shape index (κ3) is 5.34. The van der Waals surface area contributed by atoms with Gasteiger partial charge in [0.15, 0.2) is 0 Å². The summed E-state index contributed by atoms with van der Waals surface area (Å²) in [6.45, 7) is 0. The first-order valence-electron chi connectivity index (χ1n) is 7.86. The molecule has 0 aliphatic rings. The van der Waals surface area contributed by atoms with Gasteiger partial charge in [-0.3, -0.25) is 4.98 Å². The van der Waals surface area contributed by atoms with Gasteiger partial charge in [-0.15, -0.1) is 0 Å². The van der Waals surface area contributed by atoms with Crippen molar-refractivity contribution in [1.29, 1.82) is 0 Å². The van der Waals surface area contributed by atoms with E-state index in [1.54, 1.807) is 48.8 Å². The molecule has 26 heavy (non-hydrogen) atoms. The number of pyridine rings is 1. The van der Waals surface area contributed by atoms with Crippen molar-refractivity contribution in [3.05, 3.63) is 84.7 Å². The van der Waals surface area contributed by atoms with Crippen molar-refractivity contribution in [1.82, 2.24) is 10.4 Å². The number of anilines is 1. The van der Waals surface area contributed by atoms with Crippen LogP contribution in [-0.4, -0.2) is 17.2 Å². The van der Waals surface area contributed by atoms with Crippen molar-refractivity contribution in [2.45, 2.75) is 0 Å². The fourth-order valence-electron chi connectivity index (χ4n) is 2.00. The Morgan fingerprint density at radius 2 is 1.50 bits per heavy atom. The third-order valence-corrected chi connectivity index (χ3v) is 3.25. The molecule has 2 aromatic carbocycles. The Morgan fingerprint density at radius 1 is 0.846 bits per heavy atom. The molecule has 0 unspecified atom stereocenters. The number of azo groups is 1. The highest BCUT2D eigenvalue weighted by atomic mass is 16.2. The second kappa shape index (κ2) is 8.84. The Balaban J connectivity index is 1.51. The van der Waals surface area contributed by atoms with Crippen molar-refractivity contribution < 1.29 is 4.79 Å². The third-order valence-electron chi connectivity index (χ3n) is 3.25. The largest absolute Gasteiger partial charge is 0.339 e. The normalized spacial score (nSPS) is 10.9. The fraction of sp³-hybridized carbons (Fsp3) is 0. The zero-order chi connectivity index (χ0) is 18.0. The summed E-state index contributed by atoms with van der Waals surface area (Å²) in [6.07, 6.45) is 4.84. The van der Waals surface area contributed by atoms with Gasteiger partial charge in [0.2, 0.25) is 0 Å². The van der Waals surface area contributed by atoms with Crippen molar-refractivity contribution in [2.75, 3.05) is 5.32 Å². The number of nitrogens with zero attached hydrogens (tertiary/aromatic N) is 4.